The van der Waals surface area contributed by atoms with Gasteiger partial charge in [-0.3, -0.25) is 9.59 Å². The van der Waals surface area contributed by atoms with Crippen LogP contribution >= 0.6 is 0 Å². The van der Waals surface area contributed by atoms with Crippen molar-refractivity contribution >= 4 is 20.9 Å². The highest BCUT2D eigenvalue weighted by Crippen LogP contribution is 2.38. The molecule has 0 aromatic carbocycles. The maximum atomic E-state index is 12.0. The second-order valence-electron chi connectivity index (χ2n) is 6.22. The molecule has 0 aliphatic carbocycles. The molecule has 1 aliphatic heterocycles. The molecule has 4 atom stereocenters. The van der Waals surface area contributed by atoms with Crippen LogP contribution < -0.4 is 5.32 Å². The van der Waals surface area contributed by atoms with Crippen LogP contribution in [0.25, 0.3) is 0 Å². The number of rotatable bonds is 8. The van der Waals surface area contributed by atoms with E-state index in [1.165, 1.54) is 0 Å². The molecule has 0 radical (unpaired) electrons. The van der Waals surface area contributed by atoms with Crippen molar-refractivity contribution in [1.29, 1.82) is 0 Å². The molecule has 0 aromatic rings. The fraction of sp³-hybridized carbons (Fsp3) is 0.857. The van der Waals surface area contributed by atoms with Crippen LogP contribution in [0.5, 0.6) is 0 Å². The van der Waals surface area contributed by atoms with E-state index in [9.17, 15) is 9.59 Å². The number of carboxylic acids is 1. The van der Waals surface area contributed by atoms with Crippen molar-refractivity contribution in [2.24, 2.45) is 11.8 Å². The minimum absolute atomic E-state index is 0.0728. The van der Waals surface area contributed by atoms with Crippen LogP contribution in [0.2, 0.25) is 13.1 Å². The van der Waals surface area contributed by atoms with Crippen LogP contribution in [-0.2, 0) is 14.0 Å². The van der Waals surface area contributed by atoms with Crippen LogP contribution in [0, 0.1) is 11.8 Å². The van der Waals surface area contributed by atoms with Crippen LogP contribution in [0.1, 0.15) is 40.0 Å². The summed E-state index contributed by atoms with van der Waals surface area (Å²) < 4.78 is 6.16. The number of hydrogen-bond donors (Lipinski definition) is 2. The van der Waals surface area contributed by atoms with E-state index < -0.39 is 26.5 Å². The van der Waals surface area contributed by atoms with Crippen molar-refractivity contribution in [3.8, 4) is 0 Å². The van der Waals surface area contributed by atoms with E-state index in [-0.39, 0.29) is 17.9 Å². The monoisotopic (exact) mass is 301 g/mol. The van der Waals surface area contributed by atoms with Gasteiger partial charge in [-0.1, -0.05) is 19.8 Å². The van der Waals surface area contributed by atoms with E-state index in [4.69, 9.17) is 9.53 Å². The highest BCUT2D eigenvalue weighted by Gasteiger charge is 2.54. The molecule has 1 heterocycles. The van der Waals surface area contributed by atoms with Gasteiger partial charge in [0.05, 0.1) is 23.5 Å². The first-order valence-corrected chi connectivity index (χ1v) is 10.2. The highest BCUT2D eigenvalue weighted by atomic mass is 28.3. The molecule has 20 heavy (non-hydrogen) atoms. The van der Waals surface area contributed by atoms with Gasteiger partial charge in [0.1, 0.15) is 0 Å². The molecule has 1 rings (SSSR count). The number of carbonyl (C=O) groups excluding carboxylic acids is 1. The van der Waals surface area contributed by atoms with E-state index in [1.54, 1.807) is 6.92 Å². The van der Waals surface area contributed by atoms with Gasteiger partial charge >= 0.3 is 5.97 Å². The number of β-lactam (4-membered cyclic amide) rings is 1. The van der Waals surface area contributed by atoms with Gasteiger partial charge < -0.3 is 14.8 Å². The first-order chi connectivity index (χ1) is 9.23. The van der Waals surface area contributed by atoms with Crippen LogP contribution in [0.3, 0.4) is 0 Å². The molecule has 6 heteroatoms. The summed E-state index contributed by atoms with van der Waals surface area (Å²) in [6.07, 6.45) is 2.82. The number of hydrogen-bond acceptors (Lipinski definition) is 3. The summed E-state index contributed by atoms with van der Waals surface area (Å²) in [5.74, 6) is -1.89. The zero-order chi connectivity index (χ0) is 15.5. The summed E-state index contributed by atoms with van der Waals surface area (Å²) in [4.78, 5) is 23.2. The number of aliphatic carboxylic acids is 1. The average molecular weight is 301 g/mol. The number of carboxylic acid groups (broad SMARTS) is 1. The molecule has 2 N–H and O–H groups in total. The molecule has 5 nitrogen and oxygen atoms in total. The van der Waals surface area contributed by atoms with E-state index in [0.29, 0.717) is 0 Å². The Morgan fingerprint density at radius 1 is 1.55 bits per heavy atom. The highest BCUT2D eigenvalue weighted by molar-refractivity contribution is 6.48. The topological polar surface area (TPSA) is 75.6 Å². The lowest BCUT2D eigenvalue weighted by Gasteiger charge is -2.50. The van der Waals surface area contributed by atoms with Crippen molar-refractivity contribution < 1.29 is 19.1 Å². The van der Waals surface area contributed by atoms with Crippen LogP contribution in [0.4, 0.5) is 0 Å². The quantitative estimate of drug-likeness (QED) is 0.529. The molecule has 0 spiro atoms. The number of amides is 1. The Kier molecular flexibility index (Phi) is 5.76. The zero-order valence-corrected chi connectivity index (χ0v) is 14.3. The Morgan fingerprint density at radius 3 is 2.55 bits per heavy atom. The van der Waals surface area contributed by atoms with Gasteiger partial charge in [-0.15, -0.1) is 0 Å². The van der Waals surface area contributed by atoms with Crippen LogP contribution in [-0.4, -0.2) is 37.7 Å². The fourth-order valence-electron chi connectivity index (χ4n) is 2.98. The van der Waals surface area contributed by atoms with E-state index in [2.05, 4.69) is 25.3 Å². The molecule has 0 aromatic heterocycles. The molecule has 1 aliphatic rings. The lowest BCUT2D eigenvalue weighted by molar-refractivity contribution is -0.157. The maximum Gasteiger partial charge on any atom is 0.308 e. The predicted molar refractivity (Wildman–Crippen MR) is 80.1 cm³/mol. The second-order valence-corrected chi connectivity index (χ2v) is 8.55. The van der Waals surface area contributed by atoms with Gasteiger partial charge in [-0.2, -0.15) is 0 Å². The standard InChI is InChI=1S/C14H27NO4Si/c1-6-7-8-14(3,19-20(4)5)10-11(15-12(10)16)9(2)13(17)18/h9-11,20H,6-8H2,1-5H3,(H,15,16)(H,17,18)/t9-,10-,11-,14-/m1/s1. The third-order valence-corrected chi connectivity index (χ3v) is 5.08. The summed E-state index contributed by atoms with van der Waals surface area (Å²) in [5.41, 5.74) is -0.535. The summed E-state index contributed by atoms with van der Waals surface area (Å²) in [7, 11) is -1.31. The number of nitrogens with one attached hydrogen (secondary N) is 1. The van der Waals surface area contributed by atoms with E-state index in [0.717, 1.165) is 19.3 Å². The zero-order valence-electron chi connectivity index (χ0n) is 13.1. The molecular weight excluding hydrogens is 274 g/mol. The van der Waals surface area contributed by atoms with Crippen molar-refractivity contribution in [3.05, 3.63) is 0 Å². The third kappa shape index (κ3) is 3.61. The Labute approximate surface area is 122 Å². The first kappa shape index (κ1) is 17.2. The summed E-state index contributed by atoms with van der Waals surface area (Å²) in [6, 6.07) is -0.324. The smallest absolute Gasteiger partial charge is 0.308 e. The molecule has 1 fully saturated rings. The fourth-order valence-corrected chi connectivity index (χ4v) is 4.32. The van der Waals surface area contributed by atoms with Gasteiger partial charge in [0.15, 0.2) is 9.04 Å². The molecule has 0 saturated carbocycles. The number of unbranched alkanes of at least 4 members (excludes halogenated alkanes) is 1. The molecule has 1 saturated heterocycles. The lowest BCUT2D eigenvalue weighted by atomic mass is 9.70. The normalized spacial score (nSPS) is 26.6. The van der Waals surface area contributed by atoms with E-state index >= 15 is 0 Å². The van der Waals surface area contributed by atoms with Crippen molar-refractivity contribution in [2.75, 3.05) is 0 Å². The lowest BCUT2D eigenvalue weighted by Crippen LogP contribution is -2.70. The molecule has 116 valence electrons. The second kappa shape index (κ2) is 6.71. The first-order valence-electron chi connectivity index (χ1n) is 7.44. The molecular formula is C14H27NO4Si. The van der Waals surface area contributed by atoms with Gasteiger partial charge in [0.2, 0.25) is 5.91 Å². The Hall–Kier alpha value is -0.883. The molecule has 0 unspecified atom stereocenters. The Morgan fingerprint density at radius 2 is 2.15 bits per heavy atom. The SMILES string of the molecule is CCCC[C@@](C)(O[SiH](C)C)[C@H]1C(=O)N[C@@H]1[C@@H](C)C(=O)O. The van der Waals surface area contributed by atoms with Gasteiger partial charge in [-0.25, -0.2) is 0 Å². The molecule has 0 bridgehead atoms. The van der Waals surface area contributed by atoms with Crippen LogP contribution in [0.15, 0.2) is 0 Å². The van der Waals surface area contributed by atoms with E-state index in [1.807, 2.05) is 6.92 Å². The molecule has 1 amide bonds. The minimum atomic E-state index is -1.31. The summed E-state index contributed by atoms with van der Waals surface area (Å²) in [6.45, 7) is 9.88. The summed E-state index contributed by atoms with van der Waals surface area (Å²) >= 11 is 0. The van der Waals surface area contributed by atoms with Gasteiger partial charge in [0, 0.05) is 0 Å². The Bertz CT molecular complexity index is 374. The average Bonchev–Trinajstić information content (AvgIpc) is 2.31. The van der Waals surface area contributed by atoms with Gasteiger partial charge in [-0.05, 0) is 33.4 Å². The minimum Gasteiger partial charge on any atom is -0.481 e. The predicted octanol–water partition coefficient (Wildman–Crippen LogP) is 1.77. The number of carbonyl (C=O) groups is 2. The Balaban J connectivity index is 2.92. The third-order valence-electron chi connectivity index (χ3n) is 4.07. The largest absolute Gasteiger partial charge is 0.481 e. The summed E-state index contributed by atoms with van der Waals surface area (Å²) in [5, 5.41) is 11.9. The van der Waals surface area contributed by atoms with Crippen molar-refractivity contribution in [1.82, 2.24) is 5.32 Å². The van der Waals surface area contributed by atoms with Gasteiger partial charge in [0.25, 0.3) is 0 Å². The van der Waals surface area contributed by atoms with Crippen molar-refractivity contribution in [2.45, 2.75) is 64.8 Å². The van der Waals surface area contributed by atoms with Crippen molar-refractivity contribution in [3.63, 3.8) is 0 Å². The maximum absolute atomic E-state index is 12.0.